The van der Waals surface area contributed by atoms with Gasteiger partial charge in [-0.1, -0.05) is 118 Å². The Bertz CT molecular complexity index is 1290. The molecule has 2 fully saturated rings. The molecule has 0 heterocycles. The highest BCUT2D eigenvalue weighted by atomic mass is 14.7. The Kier molecular flexibility index (Phi) is 8.19. The molecule has 4 aliphatic carbocycles. The second-order valence-corrected chi connectivity index (χ2v) is 17.3. The van der Waals surface area contributed by atoms with Gasteiger partial charge in [-0.3, -0.25) is 0 Å². The summed E-state index contributed by atoms with van der Waals surface area (Å²) in [5.74, 6) is 5.83. The van der Waals surface area contributed by atoms with Gasteiger partial charge in [-0.05, 0) is 143 Å². The van der Waals surface area contributed by atoms with E-state index in [0.29, 0.717) is 64.1 Å². The van der Waals surface area contributed by atoms with Crippen LogP contribution in [0.2, 0.25) is 0 Å². The summed E-state index contributed by atoms with van der Waals surface area (Å²) in [6, 6.07) is 2.64. The molecule has 0 heteroatoms. The zero-order valence-electron chi connectivity index (χ0n) is 29.7. The van der Waals surface area contributed by atoms with Crippen molar-refractivity contribution < 1.29 is 0 Å². The van der Waals surface area contributed by atoms with Crippen molar-refractivity contribution in [1.82, 2.24) is 0 Å². The second-order valence-electron chi connectivity index (χ2n) is 17.3. The molecule has 0 bridgehead atoms. The number of hydrogen-bond acceptors (Lipinski definition) is 0. The van der Waals surface area contributed by atoms with Gasteiger partial charge < -0.3 is 0 Å². The van der Waals surface area contributed by atoms with Crippen molar-refractivity contribution in [1.29, 1.82) is 0 Å². The van der Waals surface area contributed by atoms with Crippen LogP contribution in [0.3, 0.4) is 0 Å². The van der Waals surface area contributed by atoms with Gasteiger partial charge in [0, 0.05) is 0 Å². The van der Waals surface area contributed by atoms with E-state index in [2.05, 4.69) is 121 Å². The van der Waals surface area contributed by atoms with Gasteiger partial charge in [0.05, 0.1) is 0 Å². The molecule has 2 saturated carbocycles. The Morgan fingerprint density at radius 1 is 1.00 bits per heavy atom. The number of hydrogen-bond donors (Lipinski definition) is 0. The minimum Gasteiger partial charge on any atom is -0.0998 e. The SMILES string of the molecule is C=C(C)C1C(C)C(C(C)C)[C@]2(C)C[C@]3(C)Cc4c(C(C)C)cc(CCC5=CCC=C5)c(C)c4C(C)C3C(C)[C@]2(C)C1C. The maximum absolute atomic E-state index is 4.61. The third-order valence-electron chi connectivity index (χ3n) is 14.5. The van der Waals surface area contributed by atoms with Gasteiger partial charge in [0.15, 0.2) is 0 Å². The van der Waals surface area contributed by atoms with Crippen molar-refractivity contribution in [3.8, 4) is 0 Å². The lowest BCUT2D eigenvalue weighted by atomic mass is 9.30. The molecule has 0 aromatic heterocycles. The summed E-state index contributed by atoms with van der Waals surface area (Å²) in [6.45, 7) is 38.1. The van der Waals surface area contributed by atoms with Crippen LogP contribution in [-0.4, -0.2) is 0 Å². The van der Waals surface area contributed by atoms with Crippen molar-refractivity contribution in [3.05, 3.63) is 69.8 Å². The summed E-state index contributed by atoms with van der Waals surface area (Å²) in [7, 11) is 0. The van der Waals surface area contributed by atoms with Crippen LogP contribution < -0.4 is 0 Å². The maximum Gasteiger partial charge on any atom is -0.0148 e. The van der Waals surface area contributed by atoms with Gasteiger partial charge in [0.25, 0.3) is 0 Å². The fourth-order valence-electron chi connectivity index (χ4n) is 13.2. The highest BCUT2D eigenvalue weighted by molar-refractivity contribution is 5.52. The molecule has 0 spiro atoms. The molecule has 0 amide bonds. The molecule has 5 rings (SSSR count). The van der Waals surface area contributed by atoms with E-state index in [0.717, 1.165) is 6.42 Å². The van der Waals surface area contributed by atoms with Gasteiger partial charge in [0.1, 0.15) is 0 Å². The molecule has 0 saturated heterocycles. The zero-order chi connectivity index (χ0) is 31.1. The molecule has 1 aromatic carbocycles. The van der Waals surface area contributed by atoms with Crippen molar-refractivity contribution >= 4 is 0 Å². The molecule has 0 nitrogen and oxygen atoms in total. The van der Waals surface area contributed by atoms with Crippen molar-refractivity contribution in [2.45, 2.75) is 134 Å². The van der Waals surface area contributed by atoms with Gasteiger partial charge in [-0.2, -0.15) is 0 Å². The minimum absolute atomic E-state index is 0.279. The summed E-state index contributed by atoms with van der Waals surface area (Å²) in [4.78, 5) is 0. The lowest BCUT2D eigenvalue weighted by molar-refractivity contribution is -0.243. The summed E-state index contributed by atoms with van der Waals surface area (Å²) in [5, 5.41) is 0. The Morgan fingerprint density at radius 3 is 2.21 bits per heavy atom. The predicted molar refractivity (Wildman–Crippen MR) is 184 cm³/mol. The molecule has 1 aromatic rings. The number of benzene rings is 1. The van der Waals surface area contributed by atoms with Crippen LogP contribution in [0.15, 0.2) is 42.0 Å². The molecule has 0 radical (unpaired) electrons. The van der Waals surface area contributed by atoms with Crippen molar-refractivity contribution in [2.75, 3.05) is 0 Å². The van der Waals surface area contributed by atoms with E-state index in [9.17, 15) is 0 Å². The molecule has 10 atom stereocenters. The standard InChI is InChI=1S/C42H64/c1-24(2)34-21-33(20-19-32-17-15-16-18-32)27(7)37-29(9)39-31(11)42(14)30(10)36(25(3)4)28(8)38(26(5)6)41(42,13)23-40(39,12)22-35(34)37/h15,17-18,21,24,26,28-31,36,38-39H,3,16,19-20,22-23H2,1-2,4-14H3/t28?,29?,30?,31?,36?,38?,39?,40-,41-,42-/m0/s1. The highest BCUT2D eigenvalue weighted by Gasteiger charge is 2.70. The lowest BCUT2D eigenvalue weighted by Crippen LogP contribution is -2.68. The fraction of sp³-hybridized carbons (Fsp3) is 0.714. The molecule has 0 aliphatic heterocycles. The average Bonchev–Trinajstić information content (AvgIpc) is 3.39. The lowest BCUT2D eigenvalue weighted by Gasteiger charge is -2.74. The Hall–Kier alpha value is -1.56. The number of fused-ring (bicyclic) bond motifs is 3. The normalized spacial score (nSPS) is 41.0. The predicted octanol–water partition coefficient (Wildman–Crippen LogP) is 12.0. The summed E-state index contributed by atoms with van der Waals surface area (Å²) >= 11 is 0. The first-order chi connectivity index (χ1) is 19.5. The Morgan fingerprint density at radius 2 is 1.67 bits per heavy atom. The smallest absolute Gasteiger partial charge is 0.0148 e. The van der Waals surface area contributed by atoms with Gasteiger partial charge in [0.2, 0.25) is 0 Å². The van der Waals surface area contributed by atoms with E-state index in [1.165, 1.54) is 36.8 Å². The largest absolute Gasteiger partial charge is 0.0998 e. The molecular weight excluding hydrogens is 504 g/mol. The summed E-state index contributed by atoms with van der Waals surface area (Å²) in [6.07, 6.45) is 13.1. The molecule has 0 N–H and O–H groups in total. The maximum atomic E-state index is 4.61. The molecule has 232 valence electrons. The monoisotopic (exact) mass is 569 g/mol. The van der Waals surface area contributed by atoms with E-state index in [1.807, 2.05) is 0 Å². The molecule has 4 aliphatic rings. The van der Waals surface area contributed by atoms with Crippen molar-refractivity contribution in [2.24, 2.45) is 57.7 Å². The third kappa shape index (κ3) is 4.42. The van der Waals surface area contributed by atoms with E-state index in [-0.39, 0.29) is 5.41 Å². The van der Waals surface area contributed by atoms with E-state index in [1.54, 1.807) is 27.8 Å². The first-order valence-corrected chi connectivity index (χ1v) is 17.7. The topological polar surface area (TPSA) is 0 Å². The van der Waals surface area contributed by atoms with Crippen molar-refractivity contribution in [3.63, 3.8) is 0 Å². The van der Waals surface area contributed by atoms with Crippen LogP contribution in [0.25, 0.3) is 0 Å². The summed E-state index contributed by atoms with van der Waals surface area (Å²) < 4.78 is 0. The van der Waals surface area contributed by atoms with Crippen LogP contribution >= 0.6 is 0 Å². The number of aryl methyl sites for hydroxylation is 1. The third-order valence-corrected chi connectivity index (χ3v) is 14.5. The van der Waals surface area contributed by atoms with E-state index < -0.39 is 0 Å². The van der Waals surface area contributed by atoms with Gasteiger partial charge in [-0.25, -0.2) is 0 Å². The summed E-state index contributed by atoms with van der Waals surface area (Å²) in [5.41, 5.74) is 12.2. The van der Waals surface area contributed by atoms with Gasteiger partial charge >= 0.3 is 0 Å². The first kappa shape index (κ1) is 31.9. The minimum atomic E-state index is 0.279. The van der Waals surface area contributed by atoms with Gasteiger partial charge in [-0.15, -0.1) is 0 Å². The van der Waals surface area contributed by atoms with E-state index in [4.69, 9.17) is 0 Å². The van der Waals surface area contributed by atoms with Crippen LogP contribution in [-0.2, 0) is 12.8 Å². The van der Waals surface area contributed by atoms with Crippen LogP contribution in [0.4, 0.5) is 0 Å². The molecule has 42 heavy (non-hydrogen) atoms. The number of allylic oxidation sites excluding steroid dienone is 5. The highest BCUT2D eigenvalue weighted by Crippen LogP contribution is 2.76. The Balaban J connectivity index is 1.66. The first-order valence-electron chi connectivity index (χ1n) is 17.7. The quantitative estimate of drug-likeness (QED) is 0.299. The zero-order valence-corrected chi connectivity index (χ0v) is 29.7. The molecule has 7 unspecified atom stereocenters. The molecular formula is C42H64. The number of rotatable bonds is 6. The van der Waals surface area contributed by atoms with Crippen LogP contribution in [0.1, 0.15) is 142 Å². The van der Waals surface area contributed by atoms with Crippen LogP contribution in [0, 0.1) is 64.6 Å². The average molecular weight is 569 g/mol. The fourth-order valence-corrected chi connectivity index (χ4v) is 13.2. The van der Waals surface area contributed by atoms with E-state index >= 15 is 0 Å². The second kappa shape index (κ2) is 10.8. The van der Waals surface area contributed by atoms with Crippen LogP contribution in [0.5, 0.6) is 0 Å². The Labute approximate surface area is 260 Å².